The molecule has 0 aliphatic carbocycles. The van der Waals surface area contributed by atoms with Crippen molar-refractivity contribution in [3.8, 4) is 0 Å². The molecule has 0 aromatic carbocycles. The molecule has 11 heavy (non-hydrogen) atoms. The highest BCUT2D eigenvalue weighted by atomic mass is 16.2. The van der Waals surface area contributed by atoms with E-state index in [1.807, 2.05) is 6.92 Å². The van der Waals surface area contributed by atoms with Gasteiger partial charge in [-0.05, 0) is 12.3 Å². The van der Waals surface area contributed by atoms with Crippen LogP contribution in [0.2, 0.25) is 0 Å². The maximum absolute atomic E-state index is 11.2. The van der Waals surface area contributed by atoms with E-state index in [4.69, 9.17) is 0 Å². The molecule has 1 rings (SSSR count). The summed E-state index contributed by atoms with van der Waals surface area (Å²) in [5.74, 6) is 0.302. The topological polar surface area (TPSA) is 37.4 Å². The van der Waals surface area contributed by atoms with E-state index in [-0.39, 0.29) is 11.8 Å². The number of rotatable bonds is 0. The molecule has 1 fully saturated rings. The molecular weight excluding hydrogens is 142 g/mol. The lowest BCUT2D eigenvalue weighted by Gasteiger charge is -2.27. The van der Waals surface area contributed by atoms with Gasteiger partial charge >= 0.3 is 0 Å². The molecule has 1 unspecified atom stereocenters. The van der Waals surface area contributed by atoms with Crippen LogP contribution < -0.4 is 0 Å². The number of imide groups is 1. The Morgan fingerprint density at radius 3 is 2.73 bits per heavy atom. The van der Waals surface area contributed by atoms with Crippen molar-refractivity contribution in [1.82, 2.24) is 4.90 Å². The Balaban J connectivity index is 2.58. The Labute approximate surface area is 66.4 Å². The zero-order valence-electron chi connectivity index (χ0n) is 6.96. The molecule has 1 heterocycles. The van der Waals surface area contributed by atoms with E-state index in [1.165, 1.54) is 11.8 Å². The molecule has 0 spiro atoms. The molecular formula is C8H13NO2. The maximum atomic E-state index is 11.2. The normalized spacial score (nSPS) is 25.5. The third-order valence-corrected chi connectivity index (χ3v) is 2.05. The Morgan fingerprint density at radius 2 is 2.27 bits per heavy atom. The summed E-state index contributed by atoms with van der Waals surface area (Å²) in [6.45, 7) is 4.08. The van der Waals surface area contributed by atoms with Crippen LogP contribution >= 0.6 is 0 Å². The highest BCUT2D eigenvalue weighted by molar-refractivity contribution is 5.94. The Hall–Kier alpha value is -0.860. The van der Waals surface area contributed by atoms with E-state index < -0.39 is 0 Å². The molecule has 62 valence electrons. The van der Waals surface area contributed by atoms with Gasteiger partial charge in [0, 0.05) is 19.9 Å². The zero-order chi connectivity index (χ0) is 8.43. The first-order chi connectivity index (χ1) is 5.11. The average Bonchev–Trinajstić information content (AvgIpc) is 1.85. The Bertz CT molecular complexity index is 189. The summed E-state index contributed by atoms with van der Waals surface area (Å²) in [6, 6.07) is 0. The quantitative estimate of drug-likeness (QED) is 0.518. The number of amides is 2. The smallest absolute Gasteiger partial charge is 0.229 e. The van der Waals surface area contributed by atoms with Crippen LogP contribution in [0.1, 0.15) is 26.7 Å². The van der Waals surface area contributed by atoms with Crippen LogP contribution in [-0.4, -0.2) is 23.3 Å². The van der Waals surface area contributed by atoms with E-state index in [0.29, 0.717) is 18.9 Å². The van der Waals surface area contributed by atoms with Crippen LogP contribution in [0.15, 0.2) is 0 Å². The lowest BCUT2D eigenvalue weighted by atomic mass is 9.99. The highest BCUT2D eigenvalue weighted by Crippen LogP contribution is 2.16. The van der Waals surface area contributed by atoms with Crippen LogP contribution in [0.5, 0.6) is 0 Å². The second-order valence-electron chi connectivity index (χ2n) is 3.16. The number of piperidine rings is 1. The molecule has 0 bridgehead atoms. The molecule has 2 amide bonds. The van der Waals surface area contributed by atoms with Gasteiger partial charge in [0.2, 0.25) is 11.8 Å². The number of hydrogen-bond acceptors (Lipinski definition) is 2. The minimum absolute atomic E-state index is 0.0174. The molecule has 1 atom stereocenters. The van der Waals surface area contributed by atoms with Crippen LogP contribution in [0, 0.1) is 5.92 Å². The fraction of sp³-hybridized carbons (Fsp3) is 0.750. The maximum Gasteiger partial charge on any atom is 0.229 e. The van der Waals surface area contributed by atoms with Gasteiger partial charge < -0.3 is 0 Å². The standard InChI is InChI=1S/C8H13NO2/c1-6-3-4-9(7(2)10)8(11)5-6/h6H,3-5H2,1-2H3. The van der Waals surface area contributed by atoms with Crippen molar-refractivity contribution in [3.05, 3.63) is 0 Å². The van der Waals surface area contributed by atoms with Crippen molar-refractivity contribution in [2.45, 2.75) is 26.7 Å². The second kappa shape index (κ2) is 3.03. The average molecular weight is 155 g/mol. The van der Waals surface area contributed by atoms with Gasteiger partial charge in [0.1, 0.15) is 0 Å². The van der Waals surface area contributed by atoms with Gasteiger partial charge in [-0.1, -0.05) is 6.92 Å². The molecule has 0 saturated carbocycles. The van der Waals surface area contributed by atoms with Gasteiger partial charge in [-0.3, -0.25) is 14.5 Å². The zero-order valence-corrected chi connectivity index (χ0v) is 6.96. The number of nitrogens with zero attached hydrogens (tertiary/aromatic N) is 1. The van der Waals surface area contributed by atoms with Crippen LogP contribution in [0.4, 0.5) is 0 Å². The highest BCUT2D eigenvalue weighted by Gasteiger charge is 2.25. The van der Waals surface area contributed by atoms with Gasteiger partial charge in [0.15, 0.2) is 0 Å². The third kappa shape index (κ3) is 1.79. The summed E-state index contributed by atoms with van der Waals surface area (Å²) >= 11 is 0. The Kier molecular flexibility index (Phi) is 2.27. The van der Waals surface area contributed by atoms with Gasteiger partial charge in [0.05, 0.1) is 0 Å². The summed E-state index contributed by atoms with van der Waals surface area (Å²) in [7, 11) is 0. The van der Waals surface area contributed by atoms with Gasteiger partial charge in [-0.15, -0.1) is 0 Å². The SMILES string of the molecule is CC(=O)N1CCC(C)CC1=O. The predicted molar refractivity (Wildman–Crippen MR) is 40.8 cm³/mol. The summed E-state index contributed by atoms with van der Waals surface area (Å²) in [5, 5.41) is 0. The number of likely N-dealkylation sites (tertiary alicyclic amines) is 1. The largest absolute Gasteiger partial charge is 0.283 e. The van der Waals surface area contributed by atoms with E-state index in [1.54, 1.807) is 0 Å². The van der Waals surface area contributed by atoms with E-state index in [9.17, 15) is 9.59 Å². The van der Waals surface area contributed by atoms with Gasteiger partial charge in [0.25, 0.3) is 0 Å². The summed E-state index contributed by atoms with van der Waals surface area (Å²) in [4.78, 5) is 23.3. The van der Waals surface area contributed by atoms with Crippen LogP contribution in [0.25, 0.3) is 0 Å². The third-order valence-electron chi connectivity index (χ3n) is 2.05. The molecule has 3 nitrogen and oxygen atoms in total. The molecule has 0 aromatic rings. The van der Waals surface area contributed by atoms with Crippen LogP contribution in [-0.2, 0) is 9.59 Å². The van der Waals surface area contributed by atoms with E-state index >= 15 is 0 Å². The lowest BCUT2D eigenvalue weighted by molar-refractivity contribution is -0.146. The van der Waals surface area contributed by atoms with Crippen LogP contribution in [0.3, 0.4) is 0 Å². The summed E-state index contributed by atoms with van der Waals surface area (Å²) in [6.07, 6.45) is 1.48. The van der Waals surface area contributed by atoms with E-state index in [0.717, 1.165) is 6.42 Å². The summed E-state index contributed by atoms with van der Waals surface area (Å²) in [5.41, 5.74) is 0. The minimum Gasteiger partial charge on any atom is -0.283 e. The number of carbonyl (C=O) groups is 2. The van der Waals surface area contributed by atoms with Crippen molar-refractivity contribution in [1.29, 1.82) is 0 Å². The van der Waals surface area contributed by atoms with E-state index in [2.05, 4.69) is 0 Å². The van der Waals surface area contributed by atoms with Gasteiger partial charge in [-0.2, -0.15) is 0 Å². The molecule has 3 heteroatoms. The van der Waals surface area contributed by atoms with Crippen molar-refractivity contribution in [3.63, 3.8) is 0 Å². The monoisotopic (exact) mass is 155 g/mol. The lowest BCUT2D eigenvalue weighted by Crippen LogP contribution is -2.41. The predicted octanol–water partition coefficient (Wildman–Crippen LogP) is 0.791. The molecule has 1 saturated heterocycles. The van der Waals surface area contributed by atoms with Crippen molar-refractivity contribution in [2.75, 3.05) is 6.54 Å². The molecule has 1 aliphatic heterocycles. The first-order valence-corrected chi connectivity index (χ1v) is 3.92. The van der Waals surface area contributed by atoms with Crippen molar-refractivity contribution < 1.29 is 9.59 Å². The number of carbonyl (C=O) groups excluding carboxylic acids is 2. The Morgan fingerprint density at radius 1 is 1.64 bits per heavy atom. The molecule has 0 radical (unpaired) electrons. The summed E-state index contributed by atoms with van der Waals surface area (Å²) < 4.78 is 0. The number of hydrogen-bond donors (Lipinski definition) is 0. The minimum atomic E-state index is -0.123. The fourth-order valence-electron chi connectivity index (χ4n) is 1.32. The molecule has 0 aromatic heterocycles. The molecule has 0 N–H and O–H groups in total. The van der Waals surface area contributed by atoms with Crippen molar-refractivity contribution in [2.24, 2.45) is 5.92 Å². The van der Waals surface area contributed by atoms with Crippen molar-refractivity contribution >= 4 is 11.8 Å². The molecule has 1 aliphatic rings. The fourth-order valence-corrected chi connectivity index (χ4v) is 1.32. The first-order valence-electron chi connectivity index (χ1n) is 3.92. The second-order valence-corrected chi connectivity index (χ2v) is 3.16. The first kappa shape index (κ1) is 8.24. The van der Waals surface area contributed by atoms with Gasteiger partial charge in [-0.25, -0.2) is 0 Å².